The number of carbonyl (C=O) groups excluding carboxylic acids is 1. The zero-order valence-corrected chi connectivity index (χ0v) is 17.6. The van der Waals surface area contributed by atoms with Crippen LogP contribution in [0, 0.1) is 6.92 Å². The number of aryl methyl sites for hydroxylation is 1. The first-order valence-corrected chi connectivity index (χ1v) is 10.9. The largest absolute Gasteiger partial charge is 0.497 e. The summed E-state index contributed by atoms with van der Waals surface area (Å²) in [6.45, 7) is 1.88. The van der Waals surface area contributed by atoms with Gasteiger partial charge in [0.05, 0.1) is 12.0 Å². The summed E-state index contributed by atoms with van der Waals surface area (Å²) in [6.07, 6.45) is 0.216. The number of nitrogens with one attached hydrogen (secondary N) is 2. The molecular weight excluding hydrogens is 400 g/mol. The van der Waals surface area contributed by atoms with E-state index < -0.39 is 22.0 Å². The first kappa shape index (κ1) is 21.5. The molecule has 3 aromatic carbocycles. The smallest absolute Gasteiger partial charge is 0.242 e. The molecule has 0 heterocycles. The van der Waals surface area contributed by atoms with Crippen molar-refractivity contribution in [1.82, 2.24) is 4.72 Å². The fourth-order valence-corrected chi connectivity index (χ4v) is 4.11. The number of hydrogen-bond acceptors (Lipinski definition) is 4. The second kappa shape index (κ2) is 9.56. The molecule has 1 unspecified atom stereocenters. The Morgan fingerprint density at radius 2 is 1.57 bits per heavy atom. The van der Waals surface area contributed by atoms with Gasteiger partial charge in [-0.15, -0.1) is 0 Å². The molecule has 0 bridgehead atoms. The maximum absolute atomic E-state index is 13.0. The van der Waals surface area contributed by atoms with Crippen LogP contribution in [0.25, 0.3) is 0 Å². The second-order valence-electron chi connectivity index (χ2n) is 6.89. The molecule has 1 atom stereocenters. The molecule has 0 aliphatic rings. The van der Waals surface area contributed by atoms with Crippen molar-refractivity contribution in [2.24, 2.45) is 0 Å². The van der Waals surface area contributed by atoms with Gasteiger partial charge in [0.15, 0.2) is 0 Å². The van der Waals surface area contributed by atoms with E-state index in [0.29, 0.717) is 11.4 Å². The minimum absolute atomic E-state index is 0.114. The third-order valence-corrected chi connectivity index (χ3v) is 6.07. The van der Waals surface area contributed by atoms with Gasteiger partial charge < -0.3 is 10.1 Å². The number of rotatable bonds is 8. The van der Waals surface area contributed by atoms with Crippen LogP contribution in [0.2, 0.25) is 0 Å². The summed E-state index contributed by atoms with van der Waals surface area (Å²) in [5.74, 6) is 0.216. The van der Waals surface area contributed by atoms with Crippen molar-refractivity contribution in [3.63, 3.8) is 0 Å². The summed E-state index contributed by atoms with van der Waals surface area (Å²) in [6, 6.07) is 21.6. The minimum atomic E-state index is -3.88. The van der Waals surface area contributed by atoms with Crippen LogP contribution >= 0.6 is 0 Å². The van der Waals surface area contributed by atoms with Gasteiger partial charge in [-0.25, -0.2) is 8.42 Å². The van der Waals surface area contributed by atoms with Gasteiger partial charge in [0.2, 0.25) is 15.9 Å². The summed E-state index contributed by atoms with van der Waals surface area (Å²) < 4.78 is 33.4. The lowest BCUT2D eigenvalue weighted by molar-refractivity contribution is -0.117. The summed E-state index contributed by atoms with van der Waals surface area (Å²) >= 11 is 0. The van der Waals surface area contributed by atoms with Crippen LogP contribution in [0.1, 0.15) is 11.1 Å². The molecule has 30 heavy (non-hydrogen) atoms. The van der Waals surface area contributed by atoms with E-state index in [2.05, 4.69) is 10.0 Å². The molecule has 0 saturated carbocycles. The summed E-state index contributed by atoms with van der Waals surface area (Å²) in [5.41, 5.74) is 2.35. The van der Waals surface area contributed by atoms with Gasteiger partial charge in [-0.2, -0.15) is 4.72 Å². The number of methoxy groups -OCH3 is 1. The van der Waals surface area contributed by atoms with Gasteiger partial charge >= 0.3 is 0 Å². The number of anilines is 1. The first-order valence-electron chi connectivity index (χ1n) is 9.45. The monoisotopic (exact) mass is 424 g/mol. The van der Waals surface area contributed by atoms with E-state index in [1.54, 1.807) is 43.5 Å². The van der Waals surface area contributed by atoms with Gasteiger partial charge in [-0.1, -0.05) is 48.0 Å². The summed E-state index contributed by atoms with van der Waals surface area (Å²) in [7, 11) is -2.32. The average Bonchev–Trinajstić information content (AvgIpc) is 2.74. The van der Waals surface area contributed by atoms with E-state index >= 15 is 0 Å². The van der Waals surface area contributed by atoms with E-state index in [-0.39, 0.29) is 11.3 Å². The highest BCUT2D eigenvalue weighted by Crippen LogP contribution is 2.17. The molecule has 7 heteroatoms. The van der Waals surface area contributed by atoms with E-state index in [1.165, 1.54) is 12.1 Å². The van der Waals surface area contributed by atoms with Crippen molar-refractivity contribution >= 4 is 21.6 Å². The number of ether oxygens (including phenoxy) is 1. The third-order valence-electron chi connectivity index (χ3n) is 4.59. The third kappa shape index (κ3) is 5.68. The molecule has 0 fully saturated rings. The standard InChI is InChI=1S/C23H24N2O4S/c1-17-8-14-21(15-9-17)30(27,28)25-22(16-18-6-4-3-5-7-18)23(26)24-19-10-12-20(29-2)13-11-19/h3-15,22,25H,16H2,1-2H3,(H,24,26). The Labute approximate surface area is 177 Å². The maximum Gasteiger partial charge on any atom is 0.242 e. The van der Waals surface area contributed by atoms with Crippen LogP contribution < -0.4 is 14.8 Å². The van der Waals surface area contributed by atoms with E-state index in [1.807, 2.05) is 37.3 Å². The lowest BCUT2D eigenvalue weighted by Gasteiger charge is -2.19. The molecule has 3 aromatic rings. The lowest BCUT2D eigenvalue weighted by atomic mass is 10.1. The molecule has 0 aliphatic heterocycles. The predicted octanol–water partition coefficient (Wildman–Crippen LogP) is 3.53. The van der Waals surface area contributed by atoms with E-state index in [4.69, 9.17) is 4.74 Å². The molecule has 6 nitrogen and oxygen atoms in total. The first-order chi connectivity index (χ1) is 14.4. The number of carbonyl (C=O) groups is 1. The van der Waals surface area contributed by atoms with Crippen molar-refractivity contribution in [2.45, 2.75) is 24.3 Å². The molecule has 2 N–H and O–H groups in total. The van der Waals surface area contributed by atoms with Crippen LogP contribution in [-0.4, -0.2) is 27.5 Å². The van der Waals surface area contributed by atoms with Crippen molar-refractivity contribution in [3.05, 3.63) is 90.0 Å². The Balaban J connectivity index is 1.83. The van der Waals surface area contributed by atoms with Crippen molar-refractivity contribution in [3.8, 4) is 5.75 Å². The fourth-order valence-electron chi connectivity index (χ4n) is 2.91. The van der Waals surface area contributed by atoms with E-state index in [9.17, 15) is 13.2 Å². The van der Waals surface area contributed by atoms with Crippen LogP contribution in [0.15, 0.2) is 83.8 Å². The van der Waals surface area contributed by atoms with Crippen LogP contribution in [0.4, 0.5) is 5.69 Å². The minimum Gasteiger partial charge on any atom is -0.497 e. The molecule has 0 radical (unpaired) electrons. The second-order valence-corrected chi connectivity index (χ2v) is 8.61. The Morgan fingerprint density at radius 3 is 2.17 bits per heavy atom. The predicted molar refractivity (Wildman–Crippen MR) is 117 cm³/mol. The van der Waals surface area contributed by atoms with Gasteiger partial charge in [0.1, 0.15) is 11.8 Å². The number of sulfonamides is 1. The maximum atomic E-state index is 13.0. The van der Waals surface area contributed by atoms with Crippen molar-refractivity contribution in [2.75, 3.05) is 12.4 Å². The number of hydrogen-bond donors (Lipinski definition) is 2. The van der Waals surface area contributed by atoms with Crippen LogP contribution in [0.3, 0.4) is 0 Å². The Hall–Kier alpha value is -3.16. The molecule has 0 spiro atoms. The van der Waals surface area contributed by atoms with E-state index in [0.717, 1.165) is 11.1 Å². The summed E-state index contributed by atoms with van der Waals surface area (Å²) in [4.78, 5) is 13.1. The highest BCUT2D eigenvalue weighted by molar-refractivity contribution is 7.89. The van der Waals surface area contributed by atoms with Crippen LogP contribution in [-0.2, 0) is 21.2 Å². The molecule has 156 valence electrons. The summed E-state index contributed by atoms with van der Waals surface area (Å²) in [5, 5.41) is 2.78. The average molecular weight is 425 g/mol. The van der Waals surface area contributed by atoms with Crippen molar-refractivity contribution in [1.29, 1.82) is 0 Å². The molecule has 0 saturated heterocycles. The normalized spacial score (nSPS) is 12.2. The highest BCUT2D eigenvalue weighted by Gasteiger charge is 2.26. The highest BCUT2D eigenvalue weighted by atomic mass is 32.2. The topological polar surface area (TPSA) is 84.5 Å². The zero-order valence-electron chi connectivity index (χ0n) is 16.8. The molecular formula is C23H24N2O4S. The van der Waals surface area contributed by atoms with Gasteiger partial charge in [-0.3, -0.25) is 4.79 Å². The zero-order chi connectivity index (χ0) is 21.6. The molecule has 1 amide bonds. The van der Waals surface area contributed by atoms with Gasteiger partial charge in [0.25, 0.3) is 0 Å². The Kier molecular flexibility index (Phi) is 6.87. The number of amides is 1. The Morgan fingerprint density at radius 1 is 0.933 bits per heavy atom. The fraction of sp³-hybridized carbons (Fsp3) is 0.174. The number of benzene rings is 3. The molecule has 3 rings (SSSR count). The van der Waals surface area contributed by atoms with Crippen molar-refractivity contribution < 1.29 is 17.9 Å². The van der Waals surface area contributed by atoms with Crippen LogP contribution in [0.5, 0.6) is 5.75 Å². The SMILES string of the molecule is COc1ccc(NC(=O)C(Cc2ccccc2)NS(=O)(=O)c2ccc(C)cc2)cc1. The van der Waals surface area contributed by atoms with Gasteiger partial charge in [-0.05, 0) is 55.3 Å². The lowest BCUT2D eigenvalue weighted by Crippen LogP contribution is -2.45. The molecule has 0 aromatic heterocycles. The van der Waals surface area contributed by atoms with Gasteiger partial charge in [0, 0.05) is 5.69 Å². The Bertz CT molecular complexity index is 1080. The molecule has 0 aliphatic carbocycles. The quantitative estimate of drug-likeness (QED) is 0.579.